The number of rotatable bonds is 5. The number of hydrogen-bond donors (Lipinski definition) is 0. The predicted molar refractivity (Wildman–Crippen MR) is 116 cm³/mol. The number of fused-ring (bicyclic) bond motifs is 1. The number of hydrogen-bond acceptors (Lipinski definition) is 5. The van der Waals surface area contributed by atoms with Crippen LogP contribution in [0.2, 0.25) is 0 Å². The van der Waals surface area contributed by atoms with E-state index in [1.165, 1.54) is 17.5 Å². The largest absolute Gasteiger partial charge is 0.288 e. The number of sulfonamides is 1. The van der Waals surface area contributed by atoms with E-state index in [9.17, 15) is 13.2 Å². The van der Waals surface area contributed by atoms with Gasteiger partial charge in [0, 0.05) is 24.4 Å². The SMILES string of the molecule is Cc1ccc(C(=O)c2cnn3c(-c4cccc(N(C)S(C)(=O)=O)c4)ccnc23)cc1. The second kappa shape index (κ2) is 7.38. The molecule has 0 aliphatic rings. The van der Waals surface area contributed by atoms with E-state index in [-0.39, 0.29) is 5.78 Å². The fourth-order valence-corrected chi connectivity index (χ4v) is 3.68. The monoisotopic (exact) mass is 420 g/mol. The number of benzene rings is 2. The lowest BCUT2D eigenvalue weighted by atomic mass is 10.0. The quantitative estimate of drug-likeness (QED) is 0.463. The van der Waals surface area contributed by atoms with Gasteiger partial charge in [-0.05, 0) is 25.1 Å². The fourth-order valence-electron chi connectivity index (χ4n) is 3.18. The number of aromatic nitrogens is 3. The average Bonchev–Trinajstić information content (AvgIpc) is 3.17. The highest BCUT2D eigenvalue weighted by molar-refractivity contribution is 7.92. The molecule has 0 spiro atoms. The standard InChI is InChI=1S/C22H20N4O3S/c1-15-7-9-16(10-8-15)21(27)19-14-24-26-20(11-12-23-22(19)26)17-5-4-6-18(13-17)25(2)30(3,28)29/h4-14H,1-3H3. The number of ketones is 1. The molecule has 2 aromatic heterocycles. The van der Waals surface area contributed by atoms with Crippen molar-refractivity contribution in [2.24, 2.45) is 0 Å². The zero-order valence-electron chi connectivity index (χ0n) is 16.8. The van der Waals surface area contributed by atoms with Gasteiger partial charge >= 0.3 is 0 Å². The van der Waals surface area contributed by atoms with Gasteiger partial charge in [-0.1, -0.05) is 42.0 Å². The van der Waals surface area contributed by atoms with E-state index in [1.807, 2.05) is 25.1 Å². The topological polar surface area (TPSA) is 84.6 Å². The van der Waals surface area contributed by atoms with Crippen LogP contribution in [0.1, 0.15) is 21.5 Å². The summed E-state index contributed by atoms with van der Waals surface area (Å²) in [7, 11) is -1.88. The Kier molecular flexibility index (Phi) is 4.87. The lowest BCUT2D eigenvalue weighted by Crippen LogP contribution is -2.24. The minimum absolute atomic E-state index is 0.153. The first-order valence-electron chi connectivity index (χ1n) is 9.24. The maximum absolute atomic E-state index is 13.0. The Morgan fingerprint density at radius 1 is 1.07 bits per heavy atom. The van der Waals surface area contributed by atoms with Crippen LogP contribution in [0.4, 0.5) is 5.69 Å². The van der Waals surface area contributed by atoms with E-state index in [0.717, 1.165) is 17.4 Å². The van der Waals surface area contributed by atoms with Crippen LogP contribution in [-0.2, 0) is 10.0 Å². The third-order valence-corrected chi connectivity index (χ3v) is 6.17. The number of anilines is 1. The van der Waals surface area contributed by atoms with Crippen molar-refractivity contribution in [2.75, 3.05) is 17.6 Å². The Morgan fingerprint density at radius 2 is 1.80 bits per heavy atom. The third kappa shape index (κ3) is 3.57. The summed E-state index contributed by atoms with van der Waals surface area (Å²) < 4.78 is 26.6. The number of nitrogens with zero attached hydrogens (tertiary/aromatic N) is 4. The minimum atomic E-state index is -3.38. The molecule has 0 aliphatic carbocycles. The molecule has 0 bridgehead atoms. The van der Waals surface area contributed by atoms with E-state index in [0.29, 0.717) is 28.2 Å². The molecule has 0 amide bonds. The summed E-state index contributed by atoms with van der Waals surface area (Å²) in [6, 6.07) is 16.3. The molecule has 8 heteroatoms. The van der Waals surface area contributed by atoms with E-state index in [1.54, 1.807) is 47.1 Å². The zero-order valence-corrected chi connectivity index (χ0v) is 17.6. The molecular weight excluding hydrogens is 400 g/mol. The smallest absolute Gasteiger partial charge is 0.231 e. The van der Waals surface area contributed by atoms with Gasteiger partial charge in [-0.15, -0.1) is 0 Å². The molecule has 0 saturated carbocycles. The van der Waals surface area contributed by atoms with Gasteiger partial charge in [-0.2, -0.15) is 5.10 Å². The molecule has 0 radical (unpaired) electrons. The summed E-state index contributed by atoms with van der Waals surface area (Å²) in [6.45, 7) is 1.97. The first-order valence-corrected chi connectivity index (χ1v) is 11.1. The van der Waals surface area contributed by atoms with Gasteiger partial charge < -0.3 is 0 Å². The van der Waals surface area contributed by atoms with Crippen molar-refractivity contribution < 1.29 is 13.2 Å². The van der Waals surface area contributed by atoms with Crippen molar-refractivity contribution in [3.05, 3.63) is 83.7 Å². The molecule has 2 aromatic carbocycles. The average molecular weight is 420 g/mol. The Balaban J connectivity index is 1.80. The van der Waals surface area contributed by atoms with Gasteiger partial charge in [0.05, 0.1) is 29.4 Å². The Hall–Kier alpha value is -3.52. The Morgan fingerprint density at radius 3 is 2.50 bits per heavy atom. The number of carbonyl (C=O) groups is 1. The lowest BCUT2D eigenvalue weighted by Gasteiger charge is -2.17. The van der Waals surface area contributed by atoms with Crippen LogP contribution in [0.3, 0.4) is 0 Å². The summed E-state index contributed by atoms with van der Waals surface area (Å²) in [5, 5.41) is 4.38. The Bertz CT molecular complexity index is 1360. The summed E-state index contributed by atoms with van der Waals surface area (Å²) >= 11 is 0. The molecule has 7 nitrogen and oxygen atoms in total. The maximum atomic E-state index is 13.0. The minimum Gasteiger partial charge on any atom is -0.288 e. The first kappa shape index (κ1) is 19.8. The van der Waals surface area contributed by atoms with E-state index in [2.05, 4.69) is 10.1 Å². The molecule has 2 heterocycles. The fraction of sp³-hybridized carbons (Fsp3) is 0.136. The highest BCUT2D eigenvalue weighted by Gasteiger charge is 2.18. The van der Waals surface area contributed by atoms with Crippen molar-refractivity contribution in [1.82, 2.24) is 14.6 Å². The zero-order chi connectivity index (χ0) is 21.5. The summed E-state index contributed by atoms with van der Waals surface area (Å²) in [5.74, 6) is -0.153. The van der Waals surface area contributed by atoms with Crippen LogP contribution in [0.25, 0.3) is 16.9 Å². The van der Waals surface area contributed by atoms with Gasteiger partial charge in [0.2, 0.25) is 10.0 Å². The first-order chi connectivity index (χ1) is 14.3. The third-order valence-electron chi connectivity index (χ3n) is 4.96. The van der Waals surface area contributed by atoms with Gasteiger partial charge in [0.1, 0.15) is 0 Å². The highest BCUT2D eigenvalue weighted by atomic mass is 32.2. The Labute approximate surface area is 174 Å². The molecule has 0 fully saturated rings. The second-order valence-corrected chi connectivity index (χ2v) is 9.11. The van der Waals surface area contributed by atoms with Crippen molar-refractivity contribution in [2.45, 2.75) is 6.92 Å². The van der Waals surface area contributed by atoms with Crippen molar-refractivity contribution in [1.29, 1.82) is 0 Å². The van der Waals surface area contributed by atoms with Gasteiger partial charge in [-0.3, -0.25) is 9.10 Å². The number of aryl methyl sites for hydroxylation is 1. The molecule has 4 rings (SSSR count). The molecule has 30 heavy (non-hydrogen) atoms. The van der Waals surface area contributed by atoms with Gasteiger partial charge in [-0.25, -0.2) is 17.9 Å². The van der Waals surface area contributed by atoms with Crippen LogP contribution in [-0.4, -0.2) is 42.1 Å². The van der Waals surface area contributed by atoms with Crippen LogP contribution >= 0.6 is 0 Å². The molecule has 0 unspecified atom stereocenters. The second-order valence-electron chi connectivity index (χ2n) is 7.10. The van der Waals surface area contributed by atoms with Crippen LogP contribution in [0, 0.1) is 6.92 Å². The summed E-state index contributed by atoms with van der Waals surface area (Å²) in [5.41, 5.74) is 4.48. The van der Waals surface area contributed by atoms with E-state index in [4.69, 9.17) is 0 Å². The maximum Gasteiger partial charge on any atom is 0.231 e. The summed E-state index contributed by atoms with van der Waals surface area (Å²) in [4.78, 5) is 17.3. The molecule has 0 saturated heterocycles. The number of carbonyl (C=O) groups excluding carboxylic acids is 1. The van der Waals surface area contributed by atoms with Gasteiger partial charge in [0.15, 0.2) is 11.4 Å². The van der Waals surface area contributed by atoms with Crippen LogP contribution < -0.4 is 4.31 Å². The van der Waals surface area contributed by atoms with Crippen LogP contribution in [0.5, 0.6) is 0 Å². The molecule has 0 N–H and O–H groups in total. The lowest BCUT2D eigenvalue weighted by molar-refractivity contribution is 0.104. The van der Waals surface area contributed by atoms with Gasteiger partial charge in [0.25, 0.3) is 0 Å². The molecule has 4 aromatic rings. The predicted octanol–water partition coefficient (Wildman–Crippen LogP) is 3.33. The molecule has 0 aliphatic heterocycles. The highest BCUT2D eigenvalue weighted by Crippen LogP contribution is 2.26. The molecular formula is C22H20N4O3S. The normalized spacial score (nSPS) is 11.6. The van der Waals surface area contributed by atoms with Crippen molar-refractivity contribution in [3.63, 3.8) is 0 Å². The summed E-state index contributed by atoms with van der Waals surface area (Å²) in [6.07, 6.45) is 4.28. The van der Waals surface area contributed by atoms with E-state index < -0.39 is 10.0 Å². The van der Waals surface area contributed by atoms with Crippen molar-refractivity contribution in [3.8, 4) is 11.3 Å². The van der Waals surface area contributed by atoms with Crippen molar-refractivity contribution >= 4 is 27.1 Å². The molecule has 0 atom stereocenters. The molecule has 152 valence electrons. The van der Waals surface area contributed by atoms with Crippen LogP contribution in [0.15, 0.2) is 67.0 Å². The van der Waals surface area contributed by atoms with E-state index >= 15 is 0 Å².